The van der Waals surface area contributed by atoms with Gasteiger partial charge in [-0.15, -0.1) is 24.0 Å². The van der Waals surface area contributed by atoms with Crippen molar-refractivity contribution in [2.24, 2.45) is 10.4 Å². The average molecular weight is 565 g/mol. The Bertz CT molecular complexity index is 681. The molecule has 1 saturated carbocycles. The van der Waals surface area contributed by atoms with Crippen molar-refractivity contribution in [3.05, 3.63) is 34.9 Å². The molecule has 2 N–H and O–H groups in total. The molecule has 1 aliphatic heterocycles. The smallest absolute Gasteiger partial charge is 0.191 e. The van der Waals surface area contributed by atoms with E-state index in [0.29, 0.717) is 5.41 Å². The van der Waals surface area contributed by atoms with Gasteiger partial charge >= 0.3 is 0 Å². The van der Waals surface area contributed by atoms with Crippen LogP contribution in [0.25, 0.3) is 0 Å². The molecule has 1 aliphatic carbocycles. The molecule has 1 atom stereocenters. The van der Waals surface area contributed by atoms with Crippen molar-refractivity contribution < 1.29 is 9.47 Å². The van der Waals surface area contributed by atoms with Crippen LogP contribution in [0.1, 0.15) is 44.2 Å². The second-order valence-corrected chi connectivity index (χ2v) is 8.83. The van der Waals surface area contributed by atoms with Gasteiger partial charge in [0, 0.05) is 51.5 Å². The van der Waals surface area contributed by atoms with E-state index in [2.05, 4.69) is 34.6 Å². The van der Waals surface area contributed by atoms with Crippen LogP contribution in [0.15, 0.2) is 29.3 Å². The molecule has 31 heavy (non-hydrogen) atoms. The van der Waals surface area contributed by atoms with Crippen LogP contribution in [0.3, 0.4) is 0 Å². The zero-order valence-electron chi connectivity index (χ0n) is 18.9. The number of ether oxygens (including phenoxy) is 2. The summed E-state index contributed by atoms with van der Waals surface area (Å²) >= 11 is 6.29. The van der Waals surface area contributed by atoms with Gasteiger partial charge in [-0.2, -0.15) is 0 Å². The average Bonchev–Trinajstić information content (AvgIpc) is 2.73. The first kappa shape index (κ1) is 26.6. The molecule has 1 aromatic rings. The van der Waals surface area contributed by atoms with Gasteiger partial charge in [0.2, 0.25) is 0 Å². The predicted molar refractivity (Wildman–Crippen MR) is 139 cm³/mol. The molecule has 0 amide bonds. The number of guanidine groups is 1. The highest BCUT2D eigenvalue weighted by atomic mass is 127. The van der Waals surface area contributed by atoms with E-state index >= 15 is 0 Å². The first-order chi connectivity index (χ1) is 14.7. The van der Waals surface area contributed by atoms with Crippen molar-refractivity contribution in [2.75, 3.05) is 59.7 Å². The molecule has 3 rings (SSSR count). The molecule has 0 radical (unpaired) electrons. The van der Waals surface area contributed by atoms with E-state index in [1.54, 1.807) is 7.11 Å². The summed E-state index contributed by atoms with van der Waals surface area (Å²) in [6.07, 6.45) is 4.89. The third-order valence-corrected chi connectivity index (χ3v) is 6.59. The SMILES string of the molecule is CCNC(=NCC1(CCOC)CCC1)NCC(c1cccc(Cl)c1)N1CCOCC1.I. The first-order valence-corrected chi connectivity index (χ1v) is 11.6. The number of nitrogens with zero attached hydrogens (tertiary/aromatic N) is 2. The van der Waals surface area contributed by atoms with Crippen molar-refractivity contribution >= 4 is 41.5 Å². The van der Waals surface area contributed by atoms with Gasteiger partial charge in [0.05, 0.1) is 19.3 Å². The Labute approximate surface area is 209 Å². The quantitative estimate of drug-likeness (QED) is 0.255. The third-order valence-electron chi connectivity index (χ3n) is 6.35. The van der Waals surface area contributed by atoms with Crippen molar-refractivity contribution in [1.82, 2.24) is 15.5 Å². The molecule has 0 aromatic heterocycles. The Balaban J connectivity index is 0.00000341. The predicted octanol–water partition coefficient (Wildman–Crippen LogP) is 4.09. The van der Waals surface area contributed by atoms with E-state index in [0.717, 1.165) is 69.9 Å². The van der Waals surface area contributed by atoms with E-state index in [9.17, 15) is 0 Å². The van der Waals surface area contributed by atoms with E-state index in [1.165, 1.54) is 24.8 Å². The monoisotopic (exact) mass is 564 g/mol. The number of nitrogens with one attached hydrogen (secondary N) is 2. The van der Waals surface area contributed by atoms with Crippen molar-refractivity contribution in [1.29, 1.82) is 0 Å². The minimum absolute atomic E-state index is 0. The summed E-state index contributed by atoms with van der Waals surface area (Å²) in [5.41, 5.74) is 1.54. The first-order valence-electron chi connectivity index (χ1n) is 11.2. The summed E-state index contributed by atoms with van der Waals surface area (Å²) < 4.78 is 10.9. The lowest BCUT2D eigenvalue weighted by atomic mass is 9.67. The molecule has 6 nitrogen and oxygen atoms in total. The van der Waals surface area contributed by atoms with Gasteiger partial charge in [0.1, 0.15) is 0 Å². The van der Waals surface area contributed by atoms with Gasteiger partial charge in [0.25, 0.3) is 0 Å². The van der Waals surface area contributed by atoms with Crippen LogP contribution >= 0.6 is 35.6 Å². The molecule has 176 valence electrons. The zero-order valence-corrected chi connectivity index (χ0v) is 22.0. The molecule has 1 saturated heterocycles. The van der Waals surface area contributed by atoms with Crippen LogP contribution in [0.5, 0.6) is 0 Å². The molecule has 2 aliphatic rings. The summed E-state index contributed by atoms with van der Waals surface area (Å²) in [5, 5.41) is 7.79. The molecule has 1 unspecified atom stereocenters. The minimum atomic E-state index is 0. The molecule has 2 fully saturated rings. The maximum Gasteiger partial charge on any atom is 0.191 e. The molecular formula is C23H38ClIN4O2. The second kappa shape index (κ2) is 13.8. The highest BCUT2D eigenvalue weighted by Crippen LogP contribution is 2.44. The van der Waals surface area contributed by atoms with Crippen LogP contribution in [0.2, 0.25) is 5.02 Å². The summed E-state index contributed by atoms with van der Waals surface area (Å²) in [6.45, 7) is 8.78. The van der Waals surface area contributed by atoms with E-state index in [1.807, 2.05) is 12.1 Å². The van der Waals surface area contributed by atoms with Crippen molar-refractivity contribution in [3.63, 3.8) is 0 Å². The molecule has 0 spiro atoms. The summed E-state index contributed by atoms with van der Waals surface area (Å²) in [4.78, 5) is 7.43. The van der Waals surface area contributed by atoms with Crippen molar-refractivity contribution in [3.8, 4) is 0 Å². The fourth-order valence-corrected chi connectivity index (χ4v) is 4.52. The third kappa shape index (κ3) is 8.03. The van der Waals surface area contributed by atoms with Crippen LogP contribution < -0.4 is 10.6 Å². The Morgan fingerprint density at radius 3 is 2.68 bits per heavy atom. The topological polar surface area (TPSA) is 58.1 Å². The molecular weight excluding hydrogens is 527 g/mol. The number of hydrogen-bond donors (Lipinski definition) is 2. The number of morpholine rings is 1. The standard InChI is InChI=1S/C23H37ClN4O2.HI/c1-3-25-22(27-18-23(8-5-9-23)10-13-29-2)26-17-21(28-11-14-30-15-12-28)19-6-4-7-20(24)16-19;/h4,6-7,16,21H,3,5,8-15,17-18H2,1-2H3,(H2,25,26,27);1H. The Hall–Kier alpha value is -0.610. The lowest BCUT2D eigenvalue weighted by Gasteiger charge is -2.41. The minimum Gasteiger partial charge on any atom is -0.385 e. The largest absolute Gasteiger partial charge is 0.385 e. The van der Waals surface area contributed by atoms with Crippen LogP contribution in [0.4, 0.5) is 0 Å². The van der Waals surface area contributed by atoms with E-state index < -0.39 is 0 Å². The summed E-state index contributed by atoms with van der Waals surface area (Å²) in [7, 11) is 1.78. The maximum atomic E-state index is 6.29. The molecule has 8 heteroatoms. The number of aliphatic imine (C=N–C) groups is 1. The lowest BCUT2D eigenvalue weighted by Crippen LogP contribution is -2.46. The molecule has 0 bridgehead atoms. The van der Waals surface area contributed by atoms with Gasteiger partial charge < -0.3 is 20.1 Å². The number of benzene rings is 1. The Kier molecular flexibility index (Phi) is 11.9. The number of hydrogen-bond acceptors (Lipinski definition) is 4. The highest BCUT2D eigenvalue weighted by Gasteiger charge is 2.36. The van der Waals surface area contributed by atoms with Gasteiger partial charge in [0.15, 0.2) is 5.96 Å². The van der Waals surface area contributed by atoms with Gasteiger partial charge in [-0.3, -0.25) is 9.89 Å². The number of rotatable bonds is 10. The van der Waals surface area contributed by atoms with Crippen LogP contribution in [0, 0.1) is 5.41 Å². The maximum absolute atomic E-state index is 6.29. The number of methoxy groups -OCH3 is 1. The fraction of sp³-hybridized carbons (Fsp3) is 0.696. The van der Waals surface area contributed by atoms with E-state index in [-0.39, 0.29) is 30.0 Å². The van der Waals surface area contributed by atoms with Gasteiger partial charge in [-0.25, -0.2) is 0 Å². The van der Waals surface area contributed by atoms with Gasteiger partial charge in [-0.05, 0) is 49.3 Å². The second-order valence-electron chi connectivity index (χ2n) is 8.39. The fourth-order valence-electron chi connectivity index (χ4n) is 4.33. The molecule has 1 aromatic carbocycles. The summed E-state index contributed by atoms with van der Waals surface area (Å²) in [5.74, 6) is 0.890. The van der Waals surface area contributed by atoms with E-state index in [4.69, 9.17) is 26.1 Å². The Morgan fingerprint density at radius 1 is 1.29 bits per heavy atom. The highest BCUT2D eigenvalue weighted by molar-refractivity contribution is 14.0. The van der Waals surface area contributed by atoms with Crippen LogP contribution in [-0.2, 0) is 9.47 Å². The molecule has 1 heterocycles. The van der Waals surface area contributed by atoms with Crippen LogP contribution in [-0.4, -0.2) is 70.5 Å². The number of halogens is 2. The van der Waals surface area contributed by atoms with Gasteiger partial charge in [-0.1, -0.05) is 30.2 Å². The zero-order chi connectivity index (χ0) is 21.2. The lowest BCUT2D eigenvalue weighted by molar-refractivity contribution is 0.0170. The summed E-state index contributed by atoms with van der Waals surface area (Å²) in [6, 6.07) is 8.41. The normalized spacial score (nSPS) is 19.8. The Morgan fingerprint density at radius 2 is 2.06 bits per heavy atom. The van der Waals surface area contributed by atoms with Crippen molar-refractivity contribution in [2.45, 2.75) is 38.6 Å².